The van der Waals surface area contributed by atoms with Crippen molar-refractivity contribution in [3.8, 4) is 11.6 Å². The van der Waals surface area contributed by atoms with Crippen LogP contribution in [-0.2, 0) is 13.0 Å². The average molecular weight is 358 g/mol. The highest BCUT2D eigenvalue weighted by molar-refractivity contribution is 9.10. The zero-order chi connectivity index (χ0) is 15.4. The number of aliphatic hydroxyl groups is 1. The van der Waals surface area contributed by atoms with Crippen LogP contribution in [0.15, 0.2) is 28.7 Å². The molecule has 1 N–H and O–H groups in total. The second-order valence-electron chi connectivity index (χ2n) is 4.51. The molecule has 0 saturated carbocycles. The summed E-state index contributed by atoms with van der Waals surface area (Å²) in [6.07, 6.45) is 1.58. The van der Waals surface area contributed by atoms with E-state index in [1.807, 2.05) is 6.92 Å². The van der Waals surface area contributed by atoms with Crippen LogP contribution in [-0.4, -0.2) is 10.1 Å². The molecule has 1 aromatic carbocycles. The number of halogens is 3. The van der Waals surface area contributed by atoms with Gasteiger partial charge in [0.05, 0.1) is 6.61 Å². The highest BCUT2D eigenvalue weighted by Gasteiger charge is 2.13. The average Bonchev–Trinajstić information content (AvgIpc) is 2.44. The molecule has 0 atom stereocenters. The number of benzene rings is 1. The molecule has 3 nitrogen and oxygen atoms in total. The molecule has 0 aliphatic carbocycles. The summed E-state index contributed by atoms with van der Waals surface area (Å²) in [5.41, 5.74) is 1.34. The van der Waals surface area contributed by atoms with Crippen LogP contribution in [0.4, 0.5) is 8.78 Å². The van der Waals surface area contributed by atoms with E-state index in [-0.39, 0.29) is 18.2 Å². The highest BCUT2D eigenvalue weighted by atomic mass is 79.9. The van der Waals surface area contributed by atoms with Gasteiger partial charge in [-0.15, -0.1) is 0 Å². The van der Waals surface area contributed by atoms with Gasteiger partial charge >= 0.3 is 0 Å². The van der Waals surface area contributed by atoms with E-state index in [9.17, 15) is 13.9 Å². The summed E-state index contributed by atoms with van der Waals surface area (Å²) < 4.78 is 32.7. The first-order valence-electron chi connectivity index (χ1n) is 6.46. The Kier molecular flexibility index (Phi) is 5.25. The standard InChI is InChI=1S/C15H14BrF2NO2/c1-2-3-11-4-9(8-20)5-14(19-11)21-13-7-10(16)6-12(17)15(13)18/h4-7,20H,2-3,8H2,1H3. The lowest BCUT2D eigenvalue weighted by atomic mass is 10.2. The van der Waals surface area contributed by atoms with Gasteiger partial charge in [0.1, 0.15) is 0 Å². The van der Waals surface area contributed by atoms with Crippen molar-refractivity contribution in [3.63, 3.8) is 0 Å². The number of aromatic nitrogens is 1. The Hall–Kier alpha value is -1.53. The summed E-state index contributed by atoms with van der Waals surface area (Å²) in [6.45, 7) is 1.82. The number of hydrogen-bond donors (Lipinski definition) is 1. The third-order valence-electron chi connectivity index (χ3n) is 2.78. The molecule has 1 aromatic heterocycles. The van der Waals surface area contributed by atoms with Crippen molar-refractivity contribution in [2.45, 2.75) is 26.4 Å². The Morgan fingerprint density at radius 3 is 2.67 bits per heavy atom. The Balaban J connectivity index is 2.37. The number of hydrogen-bond acceptors (Lipinski definition) is 3. The SMILES string of the molecule is CCCc1cc(CO)cc(Oc2cc(Br)cc(F)c2F)n1. The van der Waals surface area contributed by atoms with Crippen LogP contribution in [0.2, 0.25) is 0 Å². The molecule has 0 radical (unpaired) electrons. The predicted molar refractivity (Wildman–Crippen MR) is 78.3 cm³/mol. The maximum atomic E-state index is 13.7. The third kappa shape index (κ3) is 3.98. The second-order valence-corrected chi connectivity index (χ2v) is 5.43. The van der Waals surface area contributed by atoms with Gasteiger partial charge in [-0.2, -0.15) is 4.39 Å². The monoisotopic (exact) mass is 357 g/mol. The molecule has 21 heavy (non-hydrogen) atoms. The van der Waals surface area contributed by atoms with Crippen molar-refractivity contribution in [2.75, 3.05) is 0 Å². The number of aliphatic hydroxyl groups excluding tert-OH is 1. The van der Waals surface area contributed by atoms with Crippen molar-refractivity contribution >= 4 is 15.9 Å². The molecule has 0 aliphatic heterocycles. The Bertz CT molecular complexity index is 650. The lowest BCUT2D eigenvalue weighted by Gasteiger charge is -2.10. The number of nitrogens with zero attached hydrogens (tertiary/aromatic N) is 1. The van der Waals surface area contributed by atoms with Crippen LogP contribution in [0.5, 0.6) is 11.6 Å². The summed E-state index contributed by atoms with van der Waals surface area (Å²) >= 11 is 3.08. The van der Waals surface area contributed by atoms with Gasteiger partial charge in [0.15, 0.2) is 11.6 Å². The minimum atomic E-state index is -1.08. The van der Waals surface area contributed by atoms with E-state index in [0.717, 1.165) is 18.2 Å². The van der Waals surface area contributed by atoms with E-state index in [2.05, 4.69) is 20.9 Å². The summed E-state index contributed by atoms with van der Waals surface area (Å²) in [6, 6.07) is 5.60. The fourth-order valence-electron chi connectivity index (χ4n) is 1.87. The van der Waals surface area contributed by atoms with Crippen molar-refractivity contribution in [3.05, 3.63) is 51.6 Å². The molecule has 0 aliphatic rings. The third-order valence-corrected chi connectivity index (χ3v) is 3.24. The molecule has 6 heteroatoms. The van der Waals surface area contributed by atoms with E-state index in [0.29, 0.717) is 16.5 Å². The van der Waals surface area contributed by atoms with Crippen molar-refractivity contribution in [1.29, 1.82) is 0 Å². The van der Waals surface area contributed by atoms with Gasteiger partial charge in [0.25, 0.3) is 0 Å². The molecule has 0 unspecified atom stereocenters. The second kappa shape index (κ2) is 6.95. The van der Waals surface area contributed by atoms with Crippen molar-refractivity contribution in [1.82, 2.24) is 4.98 Å². The summed E-state index contributed by atoms with van der Waals surface area (Å²) in [5.74, 6) is -2.22. The van der Waals surface area contributed by atoms with Crippen molar-refractivity contribution < 1.29 is 18.6 Å². The van der Waals surface area contributed by atoms with E-state index in [1.54, 1.807) is 6.07 Å². The first-order valence-corrected chi connectivity index (χ1v) is 7.26. The minimum absolute atomic E-state index is 0.126. The summed E-state index contributed by atoms with van der Waals surface area (Å²) in [5, 5.41) is 9.24. The first-order chi connectivity index (χ1) is 10.0. The molecule has 112 valence electrons. The molecular weight excluding hydrogens is 344 g/mol. The van der Waals surface area contributed by atoms with E-state index < -0.39 is 11.6 Å². The fourth-order valence-corrected chi connectivity index (χ4v) is 2.28. The van der Waals surface area contributed by atoms with Gasteiger partial charge in [0.2, 0.25) is 11.7 Å². The summed E-state index contributed by atoms with van der Waals surface area (Å²) in [4.78, 5) is 4.23. The van der Waals surface area contributed by atoms with Crippen LogP contribution in [0, 0.1) is 11.6 Å². The molecule has 0 amide bonds. The molecule has 0 bridgehead atoms. The van der Waals surface area contributed by atoms with E-state index in [4.69, 9.17) is 4.74 Å². The number of aryl methyl sites for hydroxylation is 1. The van der Waals surface area contributed by atoms with Gasteiger partial charge in [-0.1, -0.05) is 29.3 Å². The van der Waals surface area contributed by atoms with Crippen LogP contribution >= 0.6 is 15.9 Å². The van der Waals surface area contributed by atoms with Crippen LogP contribution < -0.4 is 4.74 Å². The molecule has 0 spiro atoms. The van der Waals surface area contributed by atoms with Gasteiger partial charge in [-0.25, -0.2) is 9.37 Å². The Morgan fingerprint density at radius 1 is 1.24 bits per heavy atom. The van der Waals surface area contributed by atoms with Gasteiger partial charge in [-0.3, -0.25) is 0 Å². The minimum Gasteiger partial charge on any atom is -0.436 e. The lowest BCUT2D eigenvalue weighted by Crippen LogP contribution is -1.99. The topological polar surface area (TPSA) is 42.4 Å². The molecular formula is C15H14BrF2NO2. The largest absolute Gasteiger partial charge is 0.436 e. The zero-order valence-corrected chi connectivity index (χ0v) is 13.0. The first kappa shape index (κ1) is 15.9. The van der Waals surface area contributed by atoms with Crippen LogP contribution in [0.1, 0.15) is 24.6 Å². The maximum absolute atomic E-state index is 13.7. The Labute approximate surface area is 129 Å². The summed E-state index contributed by atoms with van der Waals surface area (Å²) in [7, 11) is 0. The van der Waals surface area contributed by atoms with Gasteiger partial charge in [-0.05, 0) is 30.2 Å². The normalized spacial score (nSPS) is 10.7. The number of rotatable bonds is 5. The quantitative estimate of drug-likeness (QED) is 0.808. The lowest BCUT2D eigenvalue weighted by molar-refractivity contribution is 0.280. The molecule has 1 heterocycles. The fraction of sp³-hybridized carbons (Fsp3) is 0.267. The van der Waals surface area contributed by atoms with E-state index in [1.165, 1.54) is 12.1 Å². The van der Waals surface area contributed by atoms with E-state index >= 15 is 0 Å². The van der Waals surface area contributed by atoms with Crippen molar-refractivity contribution in [2.24, 2.45) is 0 Å². The molecule has 0 fully saturated rings. The number of ether oxygens (including phenoxy) is 1. The van der Waals surface area contributed by atoms with Gasteiger partial charge < -0.3 is 9.84 Å². The Morgan fingerprint density at radius 2 is 2.00 bits per heavy atom. The molecule has 0 saturated heterocycles. The maximum Gasteiger partial charge on any atom is 0.219 e. The molecule has 2 aromatic rings. The predicted octanol–water partition coefficient (Wildman–Crippen LogP) is 4.36. The number of pyridine rings is 1. The zero-order valence-electron chi connectivity index (χ0n) is 11.4. The van der Waals surface area contributed by atoms with Crippen LogP contribution in [0.3, 0.4) is 0 Å². The highest BCUT2D eigenvalue weighted by Crippen LogP contribution is 2.29. The van der Waals surface area contributed by atoms with Gasteiger partial charge in [0, 0.05) is 16.2 Å². The smallest absolute Gasteiger partial charge is 0.219 e. The van der Waals surface area contributed by atoms with Crippen LogP contribution in [0.25, 0.3) is 0 Å². The molecule has 2 rings (SSSR count).